The number of nitrogens with one attached hydrogen (secondary N) is 1. The van der Waals surface area contributed by atoms with Crippen molar-refractivity contribution in [2.75, 3.05) is 12.4 Å². The third-order valence-corrected chi connectivity index (χ3v) is 3.29. The standard InChI is InChI=1S/C17H12FNO4/c1-22-13-5-3-12(4-6-13)19-16(20)15-9-10-8-11(18)2-7-14(10)17(21)23-15/h2-9H,1H3,(H,19,20). The predicted octanol–water partition coefficient (Wildman–Crippen LogP) is 3.19. The number of fused-ring (bicyclic) bond motifs is 1. The maximum absolute atomic E-state index is 13.3. The van der Waals surface area contributed by atoms with Crippen LogP contribution in [0.2, 0.25) is 0 Å². The van der Waals surface area contributed by atoms with Crippen LogP contribution in [0.15, 0.2) is 57.7 Å². The van der Waals surface area contributed by atoms with Gasteiger partial charge < -0.3 is 14.5 Å². The van der Waals surface area contributed by atoms with E-state index in [2.05, 4.69) is 5.32 Å². The van der Waals surface area contributed by atoms with E-state index in [4.69, 9.17) is 9.15 Å². The van der Waals surface area contributed by atoms with Crippen LogP contribution in [0.25, 0.3) is 10.8 Å². The van der Waals surface area contributed by atoms with Gasteiger partial charge in [-0.25, -0.2) is 9.18 Å². The highest BCUT2D eigenvalue weighted by Crippen LogP contribution is 2.17. The van der Waals surface area contributed by atoms with Crippen LogP contribution in [-0.4, -0.2) is 13.0 Å². The van der Waals surface area contributed by atoms with Crippen molar-refractivity contribution >= 4 is 22.4 Å². The molecule has 0 unspecified atom stereocenters. The van der Waals surface area contributed by atoms with Gasteiger partial charge in [-0.05, 0) is 53.9 Å². The Kier molecular flexibility index (Phi) is 3.80. The first-order valence-electron chi connectivity index (χ1n) is 6.75. The second-order valence-electron chi connectivity index (χ2n) is 4.81. The lowest BCUT2D eigenvalue weighted by atomic mass is 10.1. The number of benzene rings is 2. The molecule has 0 aliphatic rings. The lowest BCUT2D eigenvalue weighted by molar-refractivity contribution is 0.0993. The van der Waals surface area contributed by atoms with E-state index in [9.17, 15) is 14.0 Å². The van der Waals surface area contributed by atoms with Crippen molar-refractivity contribution in [1.29, 1.82) is 0 Å². The summed E-state index contributed by atoms with van der Waals surface area (Å²) < 4.78 is 23.3. The maximum Gasteiger partial charge on any atom is 0.344 e. The number of hydrogen-bond donors (Lipinski definition) is 1. The zero-order valence-corrected chi connectivity index (χ0v) is 12.1. The summed E-state index contributed by atoms with van der Waals surface area (Å²) in [6.07, 6.45) is 0. The molecule has 0 atom stereocenters. The summed E-state index contributed by atoms with van der Waals surface area (Å²) in [6.45, 7) is 0. The molecule has 0 spiro atoms. The molecule has 0 aliphatic carbocycles. The van der Waals surface area contributed by atoms with Crippen molar-refractivity contribution in [2.24, 2.45) is 0 Å². The van der Waals surface area contributed by atoms with E-state index in [0.717, 1.165) is 6.07 Å². The highest BCUT2D eigenvalue weighted by atomic mass is 19.1. The molecule has 3 aromatic rings. The largest absolute Gasteiger partial charge is 0.497 e. The molecule has 0 saturated carbocycles. The molecule has 0 bridgehead atoms. The molecule has 1 amide bonds. The molecular formula is C17H12FNO4. The molecule has 116 valence electrons. The van der Waals surface area contributed by atoms with Crippen LogP contribution in [0.3, 0.4) is 0 Å². The summed E-state index contributed by atoms with van der Waals surface area (Å²) in [4.78, 5) is 24.0. The smallest absolute Gasteiger partial charge is 0.344 e. The molecule has 1 N–H and O–H groups in total. The molecule has 1 heterocycles. The second-order valence-corrected chi connectivity index (χ2v) is 4.81. The van der Waals surface area contributed by atoms with Crippen LogP contribution >= 0.6 is 0 Å². The van der Waals surface area contributed by atoms with Gasteiger partial charge in [0.15, 0.2) is 5.76 Å². The Labute approximate surface area is 130 Å². The van der Waals surface area contributed by atoms with E-state index in [1.54, 1.807) is 24.3 Å². The zero-order valence-electron chi connectivity index (χ0n) is 12.1. The minimum absolute atomic E-state index is 0.191. The van der Waals surface area contributed by atoms with Crippen LogP contribution in [0, 0.1) is 5.82 Å². The van der Waals surface area contributed by atoms with Gasteiger partial charge in [0.1, 0.15) is 11.6 Å². The Morgan fingerprint density at radius 2 is 1.87 bits per heavy atom. The number of rotatable bonds is 3. The lowest BCUT2D eigenvalue weighted by Gasteiger charge is -2.06. The van der Waals surface area contributed by atoms with E-state index in [-0.39, 0.29) is 11.1 Å². The van der Waals surface area contributed by atoms with E-state index in [1.807, 2.05) is 0 Å². The van der Waals surface area contributed by atoms with Crippen molar-refractivity contribution in [3.8, 4) is 5.75 Å². The third kappa shape index (κ3) is 3.06. The Morgan fingerprint density at radius 1 is 1.13 bits per heavy atom. The molecule has 0 radical (unpaired) electrons. The topological polar surface area (TPSA) is 68.5 Å². The van der Waals surface area contributed by atoms with Gasteiger partial charge in [-0.1, -0.05) is 0 Å². The Balaban J connectivity index is 1.92. The molecule has 2 aromatic carbocycles. The zero-order chi connectivity index (χ0) is 16.4. The van der Waals surface area contributed by atoms with Crippen molar-refractivity contribution < 1.29 is 18.3 Å². The van der Waals surface area contributed by atoms with Crippen molar-refractivity contribution in [3.63, 3.8) is 0 Å². The number of hydrogen-bond acceptors (Lipinski definition) is 4. The summed E-state index contributed by atoms with van der Waals surface area (Å²) in [5, 5.41) is 3.12. The fourth-order valence-electron chi connectivity index (χ4n) is 2.14. The van der Waals surface area contributed by atoms with Crippen molar-refractivity contribution in [3.05, 3.63) is 70.5 Å². The molecule has 0 saturated heterocycles. The van der Waals surface area contributed by atoms with Crippen LogP contribution in [0.1, 0.15) is 10.6 Å². The molecule has 0 aliphatic heterocycles. The quantitative estimate of drug-likeness (QED) is 0.806. The van der Waals surface area contributed by atoms with Gasteiger partial charge >= 0.3 is 5.63 Å². The average molecular weight is 313 g/mol. The molecular weight excluding hydrogens is 301 g/mol. The first-order chi connectivity index (χ1) is 11.1. The number of ether oxygens (including phenoxy) is 1. The highest BCUT2D eigenvalue weighted by Gasteiger charge is 2.13. The number of methoxy groups -OCH3 is 1. The molecule has 3 rings (SSSR count). The van der Waals surface area contributed by atoms with E-state index >= 15 is 0 Å². The molecule has 0 fully saturated rings. The van der Waals surface area contributed by atoms with Gasteiger partial charge in [-0.15, -0.1) is 0 Å². The minimum Gasteiger partial charge on any atom is -0.497 e. The molecule has 5 nitrogen and oxygen atoms in total. The Bertz CT molecular complexity index is 931. The van der Waals surface area contributed by atoms with Gasteiger partial charge in [0.05, 0.1) is 12.5 Å². The maximum atomic E-state index is 13.3. The Morgan fingerprint density at radius 3 is 2.57 bits per heavy atom. The summed E-state index contributed by atoms with van der Waals surface area (Å²) >= 11 is 0. The number of carbonyl (C=O) groups is 1. The van der Waals surface area contributed by atoms with Gasteiger partial charge in [0.2, 0.25) is 0 Å². The number of anilines is 1. The number of halogens is 1. The van der Waals surface area contributed by atoms with E-state index in [0.29, 0.717) is 16.8 Å². The second kappa shape index (κ2) is 5.92. The van der Waals surface area contributed by atoms with Gasteiger partial charge in [-0.2, -0.15) is 0 Å². The molecule has 6 heteroatoms. The first-order valence-corrected chi connectivity index (χ1v) is 6.75. The summed E-state index contributed by atoms with van der Waals surface area (Å²) in [6, 6.07) is 11.7. The summed E-state index contributed by atoms with van der Waals surface area (Å²) in [5.74, 6) is -0.636. The van der Waals surface area contributed by atoms with Gasteiger partial charge in [-0.3, -0.25) is 4.79 Å². The normalized spacial score (nSPS) is 10.5. The fourth-order valence-corrected chi connectivity index (χ4v) is 2.14. The minimum atomic E-state index is -0.692. The number of carbonyl (C=O) groups excluding carboxylic acids is 1. The van der Waals surface area contributed by atoms with Crippen molar-refractivity contribution in [2.45, 2.75) is 0 Å². The summed E-state index contributed by atoms with van der Waals surface area (Å²) in [7, 11) is 1.54. The third-order valence-electron chi connectivity index (χ3n) is 3.29. The van der Waals surface area contributed by atoms with Gasteiger partial charge in [0.25, 0.3) is 5.91 Å². The molecule has 23 heavy (non-hydrogen) atoms. The highest BCUT2D eigenvalue weighted by molar-refractivity contribution is 6.03. The lowest BCUT2D eigenvalue weighted by Crippen LogP contribution is -2.15. The van der Waals surface area contributed by atoms with Crippen LogP contribution < -0.4 is 15.7 Å². The van der Waals surface area contributed by atoms with E-state index < -0.39 is 17.3 Å². The average Bonchev–Trinajstić information content (AvgIpc) is 2.55. The first kappa shape index (κ1) is 14.8. The molecule has 1 aromatic heterocycles. The Hall–Kier alpha value is -3.15. The SMILES string of the molecule is COc1ccc(NC(=O)c2cc3cc(F)ccc3c(=O)o2)cc1. The van der Waals surface area contributed by atoms with Crippen LogP contribution in [0.5, 0.6) is 5.75 Å². The number of amides is 1. The van der Waals surface area contributed by atoms with Crippen molar-refractivity contribution in [1.82, 2.24) is 0 Å². The predicted molar refractivity (Wildman–Crippen MR) is 83.4 cm³/mol. The monoisotopic (exact) mass is 313 g/mol. The van der Waals surface area contributed by atoms with E-state index in [1.165, 1.54) is 25.3 Å². The fraction of sp³-hybridized carbons (Fsp3) is 0.0588. The summed E-state index contributed by atoms with van der Waals surface area (Å²) in [5.41, 5.74) is -0.180. The van der Waals surface area contributed by atoms with Crippen LogP contribution in [-0.2, 0) is 0 Å². The van der Waals surface area contributed by atoms with Gasteiger partial charge in [0, 0.05) is 5.69 Å². The van der Waals surface area contributed by atoms with Crippen LogP contribution in [0.4, 0.5) is 10.1 Å².